The van der Waals surface area contributed by atoms with Crippen molar-refractivity contribution in [1.29, 1.82) is 0 Å². The molecular weight excluding hydrogens is 207 g/mol. The van der Waals surface area contributed by atoms with E-state index in [4.69, 9.17) is 0 Å². The third-order valence-electron chi connectivity index (χ3n) is 2.03. The molecule has 0 unspecified atom stereocenters. The van der Waals surface area contributed by atoms with Crippen LogP contribution in [0.3, 0.4) is 0 Å². The van der Waals surface area contributed by atoms with E-state index >= 15 is 0 Å². The smallest absolute Gasteiger partial charge is 0.194 e. The minimum absolute atomic E-state index is 0.119. The van der Waals surface area contributed by atoms with Crippen LogP contribution in [0.25, 0.3) is 0 Å². The Balaban J connectivity index is 2.91. The predicted molar refractivity (Wildman–Crippen MR) is 48.9 cm³/mol. The van der Waals surface area contributed by atoms with Gasteiger partial charge in [-0.25, -0.2) is 13.2 Å². The molecule has 2 nitrogen and oxygen atoms in total. The van der Waals surface area contributed by atoms with Crippen LogP contribution in [0.1, 0.15) is 5.56 Å². The van der Waals surface area contributed by atoms with Gasteiger partial charge in [0.1, 0.15) is 6.29 Å². The van der Waals surface area contributed by atoms with Gasteiger partial charge in [-0.2, -0.15) is 0 Å². The molecule has 0 heterocycles. The van der Waals surface area contributed by atoms with Crippen LogP contribution < -0.4 is 5.32 Å². The summed E-state index contributed by atoms with van der Waals surface area (Å²) in [4.78, 5) is 10.5. The quantitative estimate of drug-likeness (QED) is 0.610. The van der Waals surface area contributed by atoms with Gasteiger partial charge < -0.3 is 10.1 Å². The molecule has 0 aliphatic rings. The summed E-state index contributed by atoms with van der Waals surface area (Å²) >= 11 is 0. The summed E-state index contributed by atoms with van der Waals surface area (Å²) in [5.41, 5.74) is 0.234. The number of hydrogen-bond donors (Lipinski definition) is 1. The van der Waals surface area contributed by atoms with Crippen molar-refractivity contribution >= 4 is 6.29 Å². The van der Waals surface area contributed by atoms with Gasteiger partial charge in [0.2, 0.25) is 0 Å². The lowest BCUT2D eigenvalue weighted by molar-refractivity contribution is -0.109. The Morgan fingerprint density at radius 3 is 2.27 bits per heavy atom. The Bertz CT molecular complexity index is 345. The molecule has 15 heavy (non-hydrogen) atoms. The Morgan fingerprint density at radius 2 is 1.87 bits per heavy atom. The molecule has 5 heteroatoms. The van der Waals surface area contributed by atoms with Gasteiger partial charge in [0, 0.05) is 0 Å². The Labute approximate surface area is 85.1 Å². The molecule has 0 radical (unpaired) electrons. The third kappa shape index (κ3) is 2.79. The Kier molecular flexibility index (Phi) is 3.85. The fourth-order valence-electron chi connectivity index (χ4n) is 1.20. The number of carbonyl (C=O) groups is 1. The predicted octanol–water partition coefficient (Wildman–Crippen LogP) is 1.43. The number of halogens is 3. The second kappa shape index (κ2) is 4.93. The SMILES string of the molecule is CN[C@H](C=O)Cc1cc(F)c(F)c(F)c1. The summed E-state index contributed by atoms with van der Waals surface area (Å²) in [6.07, 6.45) is 0.743. The molecular formula is C10H10F3NO. The second-order valence-corrected chi connectivity index (χ2v) is 3.11. The average molecular weight is 217 g/mol. The number of rotatable bonds is 4. The zero-order chi connectivity index (χ0) is 11.4. The van der Waals surface area contributed by atoms with Crippen LogP contribution >= 0.6 is 0 Å². The highest BCUT2D eigenvalue weighted by Gasteiger charge is 2.13. The molecule has 0 bridgehead atoms. The summed E-state index contributed by atoms with van der Waals surface area (Å²) < 4.78 is 38.1. The maximum atomic E-state index is 12.8. The van der Waals surface area contributed by atoms with Crippen LogP contribution in [0, 0.1) is 17.5 Å². The molecule has 1 aromatic rings. The number of aldehydes is 1. The highest BCUT2D eigenvalue weighted by atomic mass is 19.2. The van der Waals surface area contributed by atoms with Crippen LogP contribution in [0.5, 0.6) is 0 Å². The van der Waals surface area contributed by atoms with Crippen LogP contribution in [0.15, 0.2) is 12.1 Å². The van der Waals surface area contributed by atoms with E-state index < -0.39 is 23.5 Å². The number of benzene rings is 1. The van der Waals surface area contributed by atoms with Crippen molar-refractivity contribution in [2.45, 2.75) is 12.5 Å². The summed E-state index contributed by atoms with van der Waals surface area (Å²) in [6, 6.07) is 1.23. The van der Waals surface area contributed by atoms with Crippen molar-refractivity contribution in [2.75, 3.05) is 7.05 Å². The van der Waals surface area contributed by atoms with E-state index in [1.165, 1.54) is 0 Å². The standard InChI is InChI=1S/C10H10F3NO/c1-14-7(5-15)2-6-3-8(11)10(13)9(12)4-6/h3-5,7,14H,2H2,1H3/t7-/m0/s1. The number of hydrogen-bond acceptors (Lipinski definition) is 2. The molecule has 0 spiro atoms. The number of likely N-dealkylation sites (N-methyl/N-ethyl adjacent to an activating group) is 1. The second-order valence-electron chi connectivity index (χ2n) is 3.11. The topological polar surface area (TPSA) is 29.1 Å². The minimum atomic E-state index is -1.49. The first kappa shape index (κ1) is 11.7. The van der Waals surface area contributed by atoms with Crippen LogP contribution in [0.2, 0.25) is 0 Å². The summed E-state index contributed by atoms with van der Waals surface area (Å²) in [7, 11) is 1.55. The molecule has 0 aliphatic carbocycles. The fraction of sp³-hybridized carbons (Fsp3) is 0.300. The van der Waals surface area contributed by atoms with Gasteiger partial charge in [-0.15, -0.1) is 0 Å². The Morgan fingerprint density at radius 1 is 1.33 bits per heavy atom. The summed E-state index contributed by atoms with van der Waals surface area (Å²) in [5, 5.41) is 2.65. The first-order chi connectivity index (χ1) is 7.08. The molecule has 1 N–H and O–H groups in total. The molecule has 0 fully saturated rings. The van der Waals surface area contributed by atoms with Gasteiger partial charge in [-0.3, -0.25) is 0 Å². The molecule has 0 saturated heterocycles. The molecule has 0 aromatic heterocycles. The fourth-order valence-corrected chi connectivity index (χ4v) is 1.20. The zero-order valence-electron chi connectivity index (χ0n) is 8.06. The Hall–Kier alpha value is -1.36. The monoisotopic (exact) mass is 217 g/mol. The van der Waals surface area contributed by atoms with E-state index in [0.29, 0.717) is 6.29 Å². The van der Waals surface area contributed by atoms with Crippen molar-refractivity contribution in [3.63, 3.8) is 0 Å². The number of carbonyl (C=O) groups excluding carboxylic acids is 1. The summed E-state index contributed by atoms with van der Waals surface area (Å²) in [6.45, 7) is 0. The van der Waals surface area contributed by atoms with Crippen LogP contribution in [-0.2, 0) is 11.2 Å². The lowest BCUT2D eigenvalue weighted by atomic mass is 10.1. The lowest BCUT2D eigenvalue weighted by Crippen LogP contribution is -2.29. The van der Waals surface area contributed by atoms with Gasteiger partial charge in [-0.05, 0) is 31.2 Å². The minimum Gasteiger partial charge on any atom is -0.311 e. The highest BCUT2D eigenvalue weighted by Crippen LogP contribution is 2.14. The highest BCUT2D eigenvalue weighted by molar-refractivity contribution is 5.58. The molecule has 1 rings (SSSR count). The lowest BCUT2D eigenvalue weighted by Gasteiger charge is -2.09. The molecule has 0 aliphatic heterocycles. The molecule has 0 saturated carbocycles. The van der Waals surface area contributed by atoms with Gasteiger partial charge in [-0.1, -0.05) is 0 Å². The molecule has 82 valence electrons. The third-order valence-corrected chi connectivity index (χ3v) is 2.03. The first-order valence-electron chi connectivity index (χ1n) is 4.34. The van der Waals surface area contributed by atoms with Gasteiger partial charge in [0.25, 0.3) is 0 Å². The van der Waals surface area contributed by atoms with E-state index in [1.807, 2.05) is 0 Å². The van der Waals surface area contributed by atoms with Gasteiger partial charge in [0.05, 0.1) is 6.04 Å². The van der Waals surface area contributed by atoms with Gasteiger partial charge >= 0.3 is 0 Å². The van der Waals surface area contributed by atoms with Gasteiger partial charge in [0.15, 0.2) is 17.5 Å². The molecule has 1 aromatic carbocycles. The molecule has 1 atom stereocenters. The van der Waals surface area contributed by atoms with E-state index in [2.05, 4.69) is 5.32 Å². The van der Waals surface area contributed by atoms with E-state index in [1.54, 1.807) is 7.05 Å². The van der Waals surface area contributed by atoms with Crippen LogP contribution in [0.4, 0.5) is 13.2 Å². The maximum absolute atomic E-state index is 12.8. The maximum Gasteiger partial charge on any atom is 0.194 e. The molecule has 0 amide bonds. The normalized spacial score (nSPS) is 12.5. The van der Waals surface area contributed by atoms with Crippen molar-refractivity contribution in [1.82, 2.24) is 5.32 Å². The summed E-state index contributed by atoms with van der Waals surface area (Å²) in [5.74, 6) is -3.98. The first-order valence-corrected chi connectivity index (χ1v) is 4.34. The number of nitrogens with one attached hydrogen (secondary N) is 1. The van der Waals surface area contributed by atoms with Crippen molar-refractivity contribution in [3.05, 3.63) is 35.1 Å². The van der Waals surface area contributed by atoms with Crippen molar-refractivity contribution in [2.24, 2.45) is 0 Å². The zero-order valence-corrected chi connectivity index (χ0v) is 8.06. The van der Waals surface area contributed by atoms with Crippen molar-refractivity contribution in [3.8, 4) is 0 Å². The van der Waals surface area contributed by atoms with Crippen molar-refractivity contribution < 1.29 is 18.0 Å². The van der Waals surface area contributed by atoms with E-state index in [9.17, 15) is 18.0 Å². The largest absolute Gasteiger partial charge is 0.311 e. The van der Waals surface area contributed by atoms with E-state index in [-0.39, 0.29) is 12.0 Å². The van der Waals surface area contributed by atoms with E-state index in [0.717, 1.165) is 12.1 Å². The average Bonchev–Trinajstić information content (AvgIpc) is 2.22. The van der Waals surface area contributed by atoms with Crippen LogP contribution in [-0.4, -0.2) is 19.4 Å².